The zero-order valence-corrected chi connectivity index (χ0v) is 8.48. The molecule has 5 nitrogen and oxygen atoms in total. The summed E-state index contributed by atoms with van der Waals surface area (Å²) < 4.78 is 12.7. The van der Waals surface area contributed by atoms with Gasteiger partial charge in [0.2, 0.25) is 0 Å². The molecular formula is C11H7FN2O3. The Bertz CT molecular complexity index is 575. The topological polar surface area (TPSA) is 83.0 Å². The zero-order chi connectivity index (χ0) is 12.4. The fourth-order valence-corrected chi connectivity index (χ4v) is 1.31. The number of nitrogens with zero attached hydrogens (tertiary/aromatic N) is 1. The van der Waals surface area contributed by atoms with Gasteiger partial charge in [-0.3, -0.25) is 4.79 Å². The van der Waals surface area contributed by atoms with E-state index in [2.05, 4.69) is 9.97 Å². The molecule has 0 atom stereocenters. The molecule has 0 fully saturated rings. The van der Waals surface area contributed by atoms with E-state index in [-0.39, 0.29) is 11.5 Å². The van der Waals surface area contributed by atoms with Crippen molar-refractivity contribution < 1.29 is 19.1 Å². The van der Waals surface area contributed by atoms with Crippen LogP contribution in [0.3, 0.4) is 0 Å². The predicted octanol–water partition coefficient (Wildman–Crippen LogP) is 1.48. The Morgan fingerprint density at radius 2 is 1.88 bits per heavy atom. The first-order chi connectivity index (χ1) is 8.08. The van der Waals surface area contributed by atoms with Crippen LogP contribution in [0.4, 0.5) is 4.39 Å². The van der Waals surface area contributed by atoms with E-state index in [4.69, 9.17) is 5.11 Å². The third-order valence-electron chi connectivity index (χ3n) is 2.13. The van der Waals surface area contributed by atoms with E-state index in [0.717, 1.165) is 6.20 Å². The molecule has 0 aliphatic heterocycles. The number of aromatic amines is 1. The molecule has 1 aromatic carbocycles. The highest BCUT2D eigenvalue weighted by Crippen LogP contribution is 2.16. The number of nitrogens with one attached hydrogen (secondary N) is 1. The van der Waals surface area contributed by atoms with Crippen LogP contribution in [-0.4, -0.2) is 26.8 Å². The maximum absolute atomic E-state index is 12.7. The van der Waals surface area contributed by atoms with E-state index in [1.165, 1.54) is 24.3 Å². The Balaban J connectivity index is 2.33. The highest BCUT2D eigenvalue weighted by atomic mass is 19.1. The first-order valence-electron chi connectivity index (χ1n) is 4.66. The molecule has 0 unspecified atom stereocenters. The highest BCUT2D eigenvalue weighted by Gasteiger charge is 2.17. The van der Waals surface area contributed by atoms with Gasteiger partial charge in [-0.25, -0.2) is 14.2 Å². The van der Waals surface area contributed by atoms with Crippen LogP contribution >= 0.6 is 0 Å². The summed E-state index contributed by atoms with van der Waals surface area (Å²) in [6.45, 7) is 0. The number of aliphatic carboxylic acids is 1. The van der Waals surface area contributed by atoms with Crippen molar-refractivity contribution in [3.8, 4) is 11.4 Å². The monoisotopic (exact) mass is 234 g/mol. The number of halogens is 1. The molecule has 1 heterocycles. The minimum absolute atomic E-state index is 0.114. The number of carboxylic acids is 1. The zero-order valence-electron chi connectivity index (χ0n) is 8.48. The summed E-state index contributed by atoms with van der Waals surface area (Å²) in [6.07, 6.45) is 1.13. The first-order valence-corrected chi connectivity index (χ1v) is 4.66. The van der Waals surface area contributed by atoms with Gasteiger partial charge in [-0.1, -0.05) is 0 Å². The Morgan fingerprint density at radius 3 is 2.47 bits per heavy atom. The van der Waals surface area contributed by atoms with Crippen LogP contribution in [0.25, 0.3) is 11.4 Å². The van der Waals surface area contributed by atoms with E-state index in [9.17, 15) is 14.0 Å². The van der Waals surface area contributed by atoms with Crippen LogP contribution in [0.15, 0.2) is 30.5 Å². The summed E-state index contributed by atoms with van der Waals surface area (Å²) >= 11 is 0. The molecule has 0 aliphatic rings. The number of carbonyl (C=O) groups is 2. The van der Waals surface area contributed by atoms with Crippen LogP contribution in [0.2, 0.25) is 0 Å². The van der Waals surface area contributed by atoms with E-state index >= 15 is 0 Å². The number of imidazole rings is 1. The maximum Gasteiger partial charge on any atom is 0.378 e. The molecule has 17 heavy (non-hydrogen) atoms. The molecule has 2 aromatic rings. The van der Waals surface area contributed by atoms with Gasteiger partial charge in [0, 0.05) is 5.56 Å². The molecule has 2 N–H and O–H groups in total. The van der Waals surface area contributed by atoms with Crippen LogP contribution in [0.5, 0.6) is 0 Å². The van der Waals surface area contributed by atoms with Crippen molar-refractivity contribution in [2.75, 3.05) is 0 Å². The lowest BCUT2D eigenvalue weighted by Crippen LogP contribution is -2.12. The summed E-state index contributed by atoms with van der Waals surface area (Å²) in [5.41, 5.74) is 0.452. The number of hydrogen-bond acceptors (Lipinski definition) is 3. The molecule has 0 bridgehead atoms. The van der Waals surface area contributed by atoms with Gasteiger partial charge in [-0.2, -0.15) is 0 Å². The Kier molecular flexibility index (Phi) is 2.70. The van der Waals surface area contributed by atoms with Gasteiger partial charge in [-0.15, -0.1) is 0 Å². The Labute approximate surface area is 94.9 Å². The van der Waals surface area contributed by atoms with E-state index in [1.807, 2.05) is 0 Å². The summed E-state index contributed by atoms with van der Waals surface area (Å²) in [6, 6.07) is 5.44. The Hall–Kier alpha value is -2.50. The fourth-order valence-electron chi connectivity index (χ4n) is 1.31. The summed E-state index contributed by atoms with van der Waals surface area (Å²) in [7, 11) is 0. The van der Waals surface area contributed by atoms with Gasteiger partial charge >= 0.3 is 5.97 Å². The van der Waals surface area contributed by atoms with Crippen LogP contribution in [-0.2, 0) is 4.79 Å². The lowest BCUT2D eigenvalue weighted by atomic mass is 10.2. The molecule has 0 radical (unpaired) electrons. The fraction of sp³-hybridized carbons (Fsp3) is 0. The van der Waals surface area contributed by atoms with Crippen LogP contribution in [0, 0.1) is 5.82 Å². The normalized spacial score (nSPS) is 10.2. The summed E-state index contributed by atoms with van der Waals surface area (Å²) in [5, 5.41) is 8.50. The second kappa shape index (κ2) is 4.17. The van der Waals surface area contributed by atoms with Crippen LogP contribution in [0.1, 0.15) is 10.5 Å². The van der Waals surface area contributed by atoms with Gasteiger partial charge in [0.15, 0.2) is 0 Å². The Morgan fingerprint density at radius 1 is 1.24 bits per heavy atom. The lowest BCUT2D eigenvalue weighted by Gasteiger charge is -1.95. The molecule has 0 aliphatic carbocycles. The highest BCUT2D eigenvalue weighted by molar-refractivity contribution is 6.39. The van der Waals surface area contributed by atoms with Crippen molar-refractivity contribution in [2.45, 2.75) is 0 Å². The van der Waals surface area contributed by atoms with Gasteiger partial charge in [-0.05, 0) is 24.3 Å². The molecule has 6 heteroatoms. The minimum Gasteiger partial charge on any atom is -0.475 e. The number of Topliss-reactive ketones (excluding diaryl/α,β-unsaturated/α-hetero) is 1. The van der Waals surface area contributed by atoms with Crippen molar-refractivity contribution in [3.05, 3.63) is 42.0 Å². The van der Waals surface area contributed by atoms with Crippen molar-refractivity contribution >= 4 is 11.8 Å². The number of ketones is 1. The lowest BCUT2D eigenvalue weighted by molar-refractivity contribution is -0.131. The molecule has 1 aromatic heterocycles. The predicted molar refractivity (Wildman–Crippen MR) is 55.9 cm³/mol. The number of hydrogen-bond donors (Lipinski definition) is 2. The molecule has 0 saturated carbocycles. The summed E-state index contributed by atoms with van der Waals surface area (Å²) in [5.74, 6) is -2.69. The average Bonchev–Trinajstić information content (AvgIpc) is 2.78. The van der Waals surface area contributed by atoms with E-state index in [0.29, 0.717) is 11.4 Å². The minimum atomic E-state index is -1.56. The number of rotatable bonds is 3. The number of benzene rings is 1. The van der Waals surface area contributed by atoms with Gasteiger partial charge in [0.05, 0.1) is 6.20 Å². The number of carboxylic acid groups (broad SMARTS) is 1. The largest absolute Gasteiger partial charge is 0.475 e. The number of H-pyrrole nitrogens is 1. The van der Waals surface area contributed by atoms with Crippen molar-refractivity contribution in [1.29, 1.82) is 0 Å². The smallest absolute Gasteiger partial charge is 0.378 e. The molecule has 0 saturated heterocycles. The number of aromatic nitrogens is 2. The molecule has 2 rings (SSSR count). The van der Waals surface area contributed by atoms with Gasteiger partial charge in [0.1, 0.15) is 17.3 Å². The molecule has 0 amide bonds. The van der Waals surface area contributed by atoms with Crippen molar-refractivity contribution in [1.82, 2.24) is 9.97 Å². The van der Waals surface area contributed by atoms with Gasteiger partial charge in [0.25, 0.3) is 5.78 Å². The molecule has 86 valence electrons. The standard InChI is InChI=1S/C11H7FN2O3/c12-7-3-1-6(2-4-7)10-13-5-8(14-10)9(15)11(16)17/h1-5H,(H,13,14)(H,16,17). The van der Waals surface area contributed by atoms with Crippen molar-refractivity contribution in [2.24, 2.45) is 0 Å². The van der Waals surface area contributed by atoms with Crippen molar-refractivity contribution in [3.63, 3.8) is 0 Å². The molecule has 0 spiro atoms. The quantitative estimate of drug-likeness (QED) is 0.622. The van der Waals surface area contributed by atoms with Gasteiger partial charge < -0.3 is 10.1 Å². The average molecular weight is 234 g/mol. The summed E-state index contributed by atoms with van der Waals surface area (Å²) in [4.78, 5) is 28.0. The molecular weight excluding hydrogens is 227 g/mol. The second-order valence-electron chi connectivity index (χ2n) is 3.29. The van der Waals surface area contributed by atoms with Crippen LogP contribution < -0.4 is 0 Å². The first kappa shape index (κ1) is 11.0. The SMILES string of the molecule is O=C(O)C(=O)c1cnc(-c2ccc(F)cc2)[nH]1. The van der Waals surface area contributed by atoms with E-state index in [1.54, 1.807) is 0 Å². The second-order valence-corrected chi connectivity index (χ2v) is 3.29. The third kappa shape index (κ3) is 2.20. The third-order valence-corrected chi connectivity index (χ3v) is 2.13. The number of carbonyl (C=O) groups excluding carboxylic acids is 1. The van der Waals surface area contributed by atoms with E-state index < -0.39 is 11.8 Å². The maximum atomic E-state index is 12.7.